The fraction of sp³-hybridized carbons (Fsp3) is 0.0588. The number of rotatable bonds is 5. The number of carbonyl (C=O) groups is 1. The third-order valence-electron chi connectivity index (χ3n) is 3.78. The molecule has 0 saturated carbocycles. The minimum absolute atomic E-state index is 0.0131. The highest BCUT2D eigenvalue weighted by molar-refractivity contribution is 7.89. The number of carbonyl (C=O) groups excluding carboxylic acids is 1. The van der Waals surface area contributed by atoms with E-state index in [1.54, 1.807) is 0 Å². The summed E-state index contributed by atoms with van der Waals surface area (Å²) >= 11 is 13.1. The van der Waals surface area contributed by atoms with Crippen LogP contribution in [0.25, 0.3) is 0 Å². The van der Waals surface area contributed by atoms with Crippen LogP contribution in [0.4, 0.5) is 29.7 Å². The second kappa shape index (κ2) is 8.63. The fourth-order valence-corrected chi connectivity index (χ4v) is 4.28. The third kappa shape index (κ3) is 5.66. The Hall–Kier alpha value is -2.38. The maximum Gasteiger partial charge on any atom is 0.416 e. The second-order valence-corrected chi connectivity index (χ2v) is 9.23. The molecule has 2 aromatic carbocycles. The van der Waals surface area contributed by atoms with E-state index in [0.29, 0.717) is 0 Å². The lowest BCUT2D eigenvalue weighted by molar-refractivity contribution is -0.137. The van der Waals surface area contributed by atoms with Crippen molar-refractivity contribution in [1.82, 2.24) is 4.98 Å². The summed E-state index contributed by atoms with van der Waals surface area (Å²) in [5.41, 5.74) is -0.543. The predicted molar refractivity (Wildman–Crippen MR) is 113 cm³/mol. The van der Waals surface area contributed by atoms with Gasteiger partial charge in [-0.05, 0) is 36.4 Å². The first-order valence-electron chi connectivity index (χ1n) is 8.07. The maximum atomic E-state index is 12.6. The van der Waals surface area contributed by atoms with Crippen LogP contribution in [0.2, 0.25) is 10.0 Å². The number of halogens is 5. The van der Waals surface area contributed by atoms with Crippen molar-refractivity contribution in [2.75, 3.05) is 10.6 Å². The van der Waals surface area contributed by atoms with Crippen molar-refractivity contribution in [3.8, 4) is 0 Å². The largest absolute Gasteiger partial charge is 0.416 e. The molecule has 0 bridgehead atoms. The molecule has 1 heterocycles. The first-order valence-corrected chi connectivity index (χ1v) is 11.3. The summed E-state index contributed by atoms with van der Waals surface area (Å²) in [4.78, 5) is 16.1. The van der Waals surface area contributed by atoms with Crippen LogP contribution in [0.1, 0.15) is 16.1 Å². The molecule has 7 nitrogen and oxygen atoms in total. The molecule has 1 amide bonds. The van der Waals surface area contributed by atoms with Gasteiger partial charge in [0.25, 0.3) is 5.91 Å². The van der Waals surface area contributed by atoms with Gasteiger partial charge >= 0.3 is 6.18 Å². The first-order chi connectivity index (χ1) is 14.3. The van der Waals surface area contributed by atoms with Crippen molar-refractivity contribution in [1.29, 1.82) is 0 Å². The van der Waals surface area contributed by atoms with Crippen LogP contribution < -0.4 is 15.8 Å². The molecule has 0 radical (unpaired) electrons. The van der Waals surface area contributed by atoms with Gasteiger partial charge in [0, 0.05) is 11.1 Å². The van der Waals surface area contributed by atoms with Gasteiger partial charge in [-0.25, -0.2) is 18.5 Å². The molecule has 0 aliphatic rings. The van der Waals surface area contributed by atoms with E-state index in [0.717, 1.165) is 47.7 Å². The number of primary sulfonamides is 1. The zero-order valence-electron chi connectivity index (χ0n) is 15.0. The quantitative estimate of drug-likeness (QED) is 0.441. The van der Waals surface area contributed by atoms with E-state index in [-0.39, 0.29) is 37.1 Å². The van der Waals surface area contributed by atoms with E-state index in [4.69, 9.17) is 28.3 Å². The normalized spacial score (nSPS) is 11.9. The van der Waals surface area contributed by atoms with Crippen LogP contribution in [0.15, 0.2) is 46.7 Å². The molecule has 0 fully saturated rings. The third-order valence-corrected chi connectivity index (χ3v) is 6.03. The van der Waals surface area contributed by atoms with Crippen LogP contribution >= 0.6 is 34.5 Å². The lowest BCUT2D eigenvalue weighted by atomic mass is 10.2. The summed E-state index contributed by atoms with van der Waals surface area (Å²) in [6, 6.07) is 6.16. The van der Waals surface area contributed by atoms with Crippen molar-refractivity contribution in [2.24, 2.45) is 5.14 Å². The molecule has 0 aliphatic carbocycles. The van der Waals surface area contributed by atoms with Gasteiger partial charge < -0.3 is 10.6 Å². The Bertz CT molecular complexity index is 1220. The number of hydrogen-bond donors (Lipinski definition) is 3. The van der Waals surface area contributed by atoms with Crippen LogP contribution in [-0.2, 0) is 16.2 Å². The summed E-state index contributed by atoms with van der Waals surface area (Å²) in [6.45, 7) is 0. The smallest absolute Gasteiger partial charge is 0.329 e. The molecule has 1 aromatic heterocycles. The molecule has 0 unspecified atom stereocenters. The summed E-state index contributed by atoms with van der Waals surface area (Å²) < 4.78 is 60.7. The first kappa shape index (κ1) is 23.3. The van der Waals surface area contributed by atoms with Gasteiger partial charge in [0.15, 0.2) is 5.13 Å². The Morgan fingerprint density at radius 1 is 1.10 bits per heavy atom. The van der Waals surface area contributed by atoms with E-state index >= 15 is 0 Å². The van der Waals surface area contributed by atoms with Crippen LogP contribution in [0.5, 0.6) is 0 Å². The molecule has 0 saturated heterocycles. The van der Waals surface area contributed by atoms with Crippen molar-refractivity contribution >= 4 is 67.0 Å². The molecule has 14 heteroatoms. The van der Waals surface area contributed by atoms with Gasteiger partial charge in [-0.15, -0.1) is 11.3 Å². The monoisotopic (exact) mass is 510 g/mol. The Kier molecular flexibility index (Phi) is 6.48. The highest BCUT2D eigenvalue weighted by Gasteiger charge is 2.30. The second-order valence-electron chi connectivity index (χ2n) is 6.00. The topological polar surface area (TPSA) is 114 Å². The van der Waals surface area contributed by atoms with Crippen LogP contribution in [0.3, 0.4) is 0 Å². The van der Waals surface area contributed by atoms with Gasteiger partial charge in [0.05, 0.1) is 26.2 Å². The fourth-order valence-electron chi connectivity index (χ4n) is 2.31. The molecule has 0 atom stereocenters. The van der Waals surface area contributed by atoms with E-state index < -0.39 is 27.7 Å². The molecule has 31 heavy (non-hydrogen) atoms. The summed E-state index contributed by atoms with van der Waals surface area (Å²) in [5, 5.41) is 11.8. The number of sulfonamides is 1. The van der Waals surface area contributed by atoms with Gasteiger partial charge in [-0.1, -0.05) is 23.2 Å². The lowest BCUT2D eigenvalue weighted by Gasteiger charge is -2.10. The maximum absolute atomic E-state index is 12.6. The summed E-state index contributed by atoms with van der Waals surface area (Å²) in [7, 11) is -4.01. The number of nitrogens with one attached hydrogen (secondary N) is 2. The molecule has 0 spiro atoms. The van der Waals surface area contributed by atoms with Crippen LogP contribution in [-0.4, -0.2) is 19.3 Å². The minimum Gasteiger partial charge on any atom is -0.329 e. The van der Waals surface area contributed by atoms with Gasteiger partial charge in [-0.2, -0.15) is 13.2 Å². The van der Waals surface area contributed by atoms with Crippen molar-refractivity contribution in [3.05, 3.63) is 63.1 Å². The molecule has 3 rings (SSSR count). The zero-order valence-corrected chi connectivity index (χ0v) is 18.1. The summed E-state index contributed by atoms with van der Waals surface area (Å²) in [6.07, 6.45) is -4.48. The highest BCUT2D eigenvalue weighted by atomic mass is 35.5. The highest BCUT2D eigenvalue weighted by Crippen LogP contribution is 2.36. The Morgan fingerprint density at radius 3 is 2.19 bits per heavy atom. The molecular weight excluding hydrogens is 500 g/mol. The number of hydrogen-bond acceptors (Lipinski definition) is 6. The Labute approximate surface area is 188 Å². The van der Waals surface area contributed by atoms with E-state index in [9.17, 15) is 26.4 Å². The van der Waals surface area contributed by atoms with Crippen molar-refractivity contribution in [2.45, 2.75) is 11.1 Å². The van der Waals surface area contributed by atoms with Crippen molar-refractivity contribution < 1.29 is 26.4 Å². The van der Waals surface area contributed by atoms with E-state index in [1.807, 2.05) is 0 Å². The number of benzene rings is 2. The average Bonchev–Trinajstić information content (AvgIpc) is 3.12. The number of anilines is 3. The van der Waals surface area contributed by atoms with Gasteiger partial charge in [0.1, 0.15) is 5.69 Å². The number of nitrogens with zero attached hydrogens (tertiary/aromatic N) is 1. The molecule has 164 valence electrons. The number of alkyl halides is 3. The molecule has 3 aromatic rings. The standard InChI is InChI=1S/C17H11Cl2F3N4O3S2/c18-11-5-10(31(23,28)29)6-12(19)14(11)26-16-25-13(7-30-16)15(27)24-9-3-1-8(2-4-9)17(20,21)22/h1-7H,(H,24,27)(H,25,26)(H2,23,28,29). The number of amides is 1. The predicted octanol–water partition coefficient (Wildman–Crippen LogP) is 5.11. The lowest BCUT2D eigenvalue weighted by Crippen LogP contribution is -2.13. The number of nitrogens with two attached hydrogens (primary N) is 1. The minimum atomic E-state index is -4.48. The van der Waals surface area contributed by atoms with E-state index in [2.05, 4.69) is 15.6 Å². The zero-order chi connectivity index (χ0) is 23.0. The van der Waals surface area contributed by atoms with Gasteiger partial charge in [0.2, 0.25) is 10.0 Å². The SMILES string of the molecule is NS(=O)(=O)c1cc(Cl)c(Nc2nc(C(=O)Nc3ccc(C(F)(F)F)cc3)cs2)c(Cl)c1. The molecular formula is C17H11Cl2F3N4O3S2. The Morgan fingerprint density at radius 2 is 1.68 bits per heavy atom. The number of thiazole rings is 1. The molecule has 4 N–H and O–H groups in total. The van der Waals surface area contributed by atoms with Gasteiger partial charge in [-0.3, -0.25) is 4.79 Å². The van der Waals surface area contributed by atoms with Crippen molar-refractivity contribution in [3.63, 3.8) is 0 Å². The summed E-state index contributed by atoms with van der Waals surface area (Å²) in [5.74, 6) is -0.647. The van der Waals surface area contributed by atoms with Crippen LogP contribution in [0, 0.1) is 0 Å². The van der Waals surface area contributed by atoms with E-state index in [1.165, 1.54) is 5.38 Å². The Balaban J connectivity index is 1.74. The average molecular weight is 511 g/mol. The number of aromatic nitrogens is 1. The molecule has 0 aliphatic heterocycles.